The van der Waals surface area contributed by atoms with E-state index in [-0.39, 0.29) is 0 Å². The van der Waals surface area contributed by atoms with Gasteiger partial charge in [-0.15, -0.1) is 0 Å². The van der Waals surface area contributed by atoms with Crippen LogP contribution in [0.5, 0.6) is 0 Å². The van der Waals surface area contributed by atoms with Crippen LogP contribution in [-0.4, -0.2) is 15.0 Å². The standard InChI is InChI=1S/C18H17BrN4/c1-12-13(2)22-18(15-4-3-9-20-11-15)23-17(12)21-10-14-5-7-16(19)8-6-14/h3-9,11H,10H2,1-2H3,(H,21,22,23). The largest absolute Gasteiger partial charge is 0.366 e. The summed E-state index contributed by atoms with van der Waals surface area (Å²) in [5, 5.41) is 3.41. The Morgan fingerprint density at radius 3 is 2.52 bits per heavy atom. The first-order chi connectivity index (χ1) is 11.1. The first-order valence-electron chi connectivity index (χ1n) is 7.37. The van der Waals surface area contributed by atoms with Crippen molar-refractivity contribution in [2.45, 2.75) is 20.4 Å². The Morgan fingerprint density at radius 1 is 1.04 bits per heavy atom. The fourth-order valence-corrected chi connectivity index (χ4v) is 2.48. The van der Waals surface area contributed by atoms with Gasteiger partial charge in [0.05, 0.1) is 0 Å². The van der Waals surface area contributed by atoms with Gasteiger partial charge in [0.1, 0.15) is 5.82 Å². The molecule has 3 rings (SSSR count). The van der Waals surface area contributed by atoms with E-state index in [9.17, 15) is 0 Å². The smallest absolute Gasteiger partial charge is 0.163 e. The highest BCUT2D eigenvalue weighted by Gasteiger charge is 2.09. The van der Waals surface area contributed by atoms with Crippen molar-refractivity contribution in [1.29, 1.82) is 0 Å². The monoisotopic (exact) mass is 368 g/mol. The van der Waals surface area contributed by atoms with Crippen molar-refractivity contribution < 1.29 is 0 Å². The van der Waals surface area contributed by atoms with Crippen LogP contribution in [0.4, 0.5) is 5.82 Å². The molecule has 4 nitrogen and oxygen atoms in total. The first-order valence-corrected chi connectivity index (χ1v) is 8.17. The zero-order valence-corrected chi connectivity index (χ0v) is 14.6. The van der Waals surface area contributed by atoms with E-state index in [4.69, 9.17) is 0 Å². The van der Waals surface area contributed by atoms with Crippen LogP contribution in [0.15, 0.2) is 53.3 Å². The van der Waals surface area contributed by atoms with Gasteiger partial charge in [0.2, 0.25) is 0 Å². The number of nitrogens with zero attached hydrogens (tertiary/aromatic N) is 3. The highest BCUT2D eigenvalue weighted by Crippen LogP contribution is 2.21. The van der Waals surface area contributed by atoms with E-state index in [0.717, 1.165) is 33.7 Å². The van der Waals surface area contributed by atoms with Gasteiger partial charge < -0.3 is 5.32 Å². The number of rotatable bonds is 4. The number of pyridine rings is 1. The molecule has 0 radical (unpaired) electrons. The van der Waals surface area contributed by atoms with E-state index >= 15 is 0 Å². The number of benzene rings is 1. The van der Waals surface area contributed by atoms with Gasteiger partial charge in [0, 0.05) is 40.2 Å². The summed E-state index contributed by atoms with van der Waals surface area (Å²) in [6, 6.07) is 12.1. The Hall–Kier alpha value is -2.27. The second kappa shape index (κ2) is 6.87. The normalized spacial score (nSPS) is 10.6. The lowest BCUT2D eigenvalue weighted by Crippen LogP contribution is -2.07. The molecule has 2 aromatic heterocycles. The topological polar surface area (TPSA) is 50.7 Å². The lowest BCUT2D eigenvalue weighted by atomic mass is 10.2. The van der Waals surface area contributed by atoms with Crippen LogP contribution in [0.1, 0.15) is 16.8 Å². The minimum absolute atomic E-state index is 0.694. The third-order valence-corrected chi connectivity index (χ3v) is 4.21. The molecule has 1 aromatic carbocycles. The van der Waals surface area contributed by atoms with Crippen molar-refractivity contribution in [2.75, 3.05) is 5.32 Å². The van der Waals surface area contributed by atoms with E-state index in [1.807, 2.05) is 38.1 Å². The Bertz CT molecular complexity index is 801. The van der Waals surface area contributed by atoms with Crippen LogP contribution in [0, 0.1) is 13.8 Å². The summed E-state index contributed by atoms with van der Waals surface area (Å²) in [4.78, 5) is 13.4. The predicted molar refractivity (Wildman–Crippen MR) is 96.2 cm³/mol. The van der Waals surface area contributed by atoms with Gasteiger partial charge in [-0.05, 0) is 43.7 Å². The lowest BCUT2D eigenvalue weighted by molar-refractivity contribution is 1.03. The summed E-state index contributed by atoms with van der Waals surface area (Å²) < 4.78 is 1.08. The fraction of sp³-hybridized carbons (Fsp3) is 0.167. The summed E-state index contributed by atoms with van der Waals surface area (Å²) >= 11 is 3.45. The number of aryl methyl sites for hydroxylation is 1. The van der Waals surface area contributed by atoms with Crippen LogP contribution >= 0.6 is 15.9 Å². The molecule has 2 heterocycles. The van der Waals surface area contributed by atoms with E-state index < -0.39 is 0 Å². The molecule has 0 unspecified atom stereocenters. The summed E-state index contributed by atoms with van der Waals surface area (Å²) in [6.07, 6.45) is 3.53. The van der Waals surface area contributed by atoms with Gasteiger partial charge in [-0.1, -0.05) is 28.1 Å². The Balaban J connectivity index is 1.86. The van der Waals surface area contributed by atoms with Crippen molar-refractivity contribution in [3.05, 3.63) is 70.1 Å². The average Bonchev–Trinajstić information content (AvgIpc) is 2.58. The molecule has 3 aromatic rings. The maximum Gasteiger partial charge on any atom is 0.163 e. The van der Waals surface area contributed by atoms with Crippen LogP contribution in [0.2, 0.25) is 0 Å². The maximum atomic E-state index is 4.66. The minimum Gasteiger partial charge on any atom is -0.366 e. The van der Waals surface area contributed by atoms with Crippen LogP contribution in [0.3, 0.4) is 0 Å². The van der Waals surface area contributed by atoms with E-state index in [0.29, 0.717) is 5.82 Å². The molecule has 1 N–H and O–H groups in total. The Morgan fingerprint density at radius 2 is 1.83 bits per heavy atom. The van der Waals surface area contributed by atoms with Gasteiger partial charge in [-0.25, -0.2) is 9.97 Å². The molecule has 0 saturated carbocycles. The fourth-order valence-electron chi connectivity index (χ4n) is 2.21. The molecule has 116 valence electrons. The highest BCUT2D eigenvalue weighted by atomic mass is 79.9. The molecule has 0 aliphatic heterocycles. The molecular formula is C18H17BrN4. The number of halogens is 1. The van der Waals surface area contributed by atoms with Crippen molar-refractivity contribution in [3.8, 4) is 11.4 Å². The zero-order valence-electron chi connectivity index (χ0n) is 13.0. The zero-order chi connectivity index (χ0) is 16.2. The number of nitrogens with one attached hydrogen (secondary N) is 1. The summed E-state index contributed by atoms with van der Waals surface area (Å²) in [6.45, 7) is 4.75. The van der Waals surface area contributed by atoms with Gasteiger partial charge in [0.25, 0.3) is 0 Å². The summed E-state index contributed by atoms with van der Waals surface area (Å²) in [7, 11) is 0. The lowest BCUT2D eigenvalue weighted by Gasteiger charge is -2.12. The SMILES string of the molecule is Cc1nc(-c2cccnc2)nc(NCc2ccc(Br)cc2)c1C. The van der Waals surface area contributed by atoms with Crippen LogP contribution < -0.4 is 5.32 Å². The maximum absolute atomic E-state index is 4.66. The summed E-state index contributed by atoms with van der Waals surface area (Å²) in [5.41, 5.74) is 4.15. The quantitative estimate of drug-likeness (QED) is 0.734. The number of hydrogen-bond acceptors (Lipinski definition) is 4. The van der Waals surface area contributed by atoms with E-state index in [2.05, 4.69) is 48.3 Å². The number of hydrogen-bond donors (Lipinski definition) is 1. The van der Waals surface area contributed by atoms with Crippen molar-refractivity contribution in [2.24, 2.45) is 0 Å². The van der Waals surface area contributed by atoms with E-state index in [1.165, 1.54) is 5.56 Å². The third kappa shape index (κ3) is 3.74. The van der Waals surface area contributed by atoms with Crippen LogP contribution in [0.25, 0.3) is 11.4 Å². The second-order valence-electron chi connectivity index (χ2n) is 5.33. The highest BCUT2D eigenvalue weighted by molar-refractivity contribution is 9.10. The van der Waals surface area contributed by atoms with Crippen molar-refractivity contribution >= 4 is 21.7 Å². The molecule has 0 aliphatic carbocycles. The molecule has 23 heavy (non-hydrogen) atoms. The van der Waals surface area contributed by atoms with Gasteiger partial charge in [0.15, 0.2) is 5.82 Å². The van der Waals surface area contributed by atoms with Gasteiger partial charge in [-0.2, -0.15) is 0 Å². The van der Waals surface area contributed by atoms with Crippen molar-refractivity contribution in [3.63, 3.8) is 0 Å². The molecule has 0 aliphatic rings. The number of anilines is 1. The first kappa shape index (κ1) is 15.6. The molecule has 5 heteroatoms. The molecule has 0 spiro atoms. The average molecular weight is 369 g/mol. The third-order valence-electron chi connectivity index (χ3n) is 3.68. The molecule has 0 atom stereocenters. The van der Waals surface area contributed by atoms with E-state index in [1.54, 1.807) is 12.4 Å². The van der Waals surface area contributed by atoms with Crippen molar-refractivity contribution in [1.82, 2.24) is 15.0 Å². The molecule has 0 bridgehead atoms. The van der Waals surface area contributed by atoms with Crippen LogP contribution in [-0.2, 0) is 6.54 Å². The molecule has 0 saturated heterocycles. The Labute approximate surface area is 144 Å². The minimum atomic E-state index is 0.694. The summed E-state index contributed by atoms with van der Waals surface area (Å²) in [5.74, 6) is 1.55. The number of aromatic nitrogens is 3. The molecule has 0 fully saturated rings. The van der Waals surface area contributed by atoms with Gasteiger partial charge in [-0.3, -0.25) is 4.98 Å². The second-order valence-corrected chi connectivity index (χ2v) is 6.24. The van der Waals surface area contributed by atoms with Gasteiger partial charge >= 0.3 is 0 Å². The molecular weight excluding hydrogens is 352 g/mol. The molecule has 0 amide bonds. The predicted octanol–water partition coefficient (Wildman–Crippen LogP) is 4.53. The Kier molecular flexibility index (Phi) is 4.67.